The molecule has 1 saturated heterocycles. The molecule has 1 aliphatic rings. The van der Waals surface area contributed by atoms with Gasteiger partial charge in [-0.05, 0) is 38.0 Å². The minimum absolute atomic E-state index is 0.0438. The van der Waals surface area contributed by atoms with Gasteiger partial charge in [-0.25, -0.2) is 12.8 Å². The van der Waals surface area contributed by atoms with Gasteiger partial charge in [-0.15, -0.1) is 0 Å². The predicted molar refractivity (Wildman–Crippen MR) is 83.0 cm³/mol. The van der Waals surface area contributed by atoms with Gasteiger partial charge in [0.15, 0.2) is 0 Å². The van der Waals surface area contributed by atoms with Crippen molar-refractivity contribution in [2.45, 2.75) is 37.1 Å². The van der Waals surface area contributed by atoms with Crippen LogP contribution in [-0.2, 0) is 10.0 Å². The molecule has 1 atom stereocenters. The summed E-state index contributed by atoms with van der Waals surface area (Å²) in [6.07, 6.45) is 2.44. The third-order valence-corrected chi connectivity index (χ3v) is 5.69. The molecular weight excluding hydrogens is 323 g/mol. The van der Waals surface area contributed by atoms with Gasteiger partial charge in [0.25, 0.3) is 5.91 Å². The zero-order valence-electron chi connectivity index (χ0n) is 13.0. The van der Waals surface area contributed by atoms with Crippen LogP contribution in [0.15, 0.2) is 23.1 Å². The average Bonchev–Trinajstić information content (AvgIpc) is 2.55. The summed E-state index contributed by atoms with van der Waals surface area (Å²) in [5.74, 6) is -1.43. The first-order chi connectivity index (χ1) is 10.9. The lowest BCUT2D eigenvalue weighted by atomic mass is 10.2. The number of nitrogens with one attached hydrogen (secondary N) is 1. The highest BCUT2D eigenvalue weighted by atomic mass is 32.2. The summed E-state index contributed by atoms with van der Waals surface area (Å²) in [7, 11) is -3.95. The van der Waals surface area contributed by atoms with Gasteiger partial charge < -0.3 is 10.4 Å². The number of benzene rings is 1. The second-order valence-electron chi connectivity index (χ2n) is 5.67. The van der Waals surface area contributed by atoms with Crippen molar-refractivity contribution in [2.75, 3.05) is 19.7 Å². The van der Waals surface area contributed by atoms with Crippen LogP contribution in [0.4, 0.5) is 4.39 Å². The lowest BCUT2D eigenvalue weighted by Crippen LogP contribution is -2.37. The predicted octanol–water partition coefficient (Wildman–Crippen LogP) is 1.11. The largest absolute Gasteiger partial charge is 0.394 e. The monoisotopic (exact) mass is 344 g/mol. The Morgan fingerprint density at radius 1 is 1.35 bits per heavy atom. The number of hydrogen-bond donors (Lipinski definition) is 2. The minimum Gasteiger partial charge on any atom is -0.394 e. The van der Waals surface area contributed by atoms with E-state index in [1.165, 1.54) is 10.4 Å². The fourth-order valence-electron chi connectivity index (χ4n) is 2.44. The smallest absolute Gasteiger partial charge is 0.251 e. The summed E-state index contributed by atoms with van der Waals surface area (Å²) < 4.78 is 40.4. The van der Waals surface area contributed by atoms with E-state index in [1.807, 2.05) is 0 Å². The number of carbonyl (C=O) groups excluding carboxylic acids is 1. The topological polar surface area (TPSA) is 86.7 Å². The van der Waals surface area contributed by atoms with E-state index in [0.29, 0.717) is 13.1 Å². The maximum atomic E-state index is 14.0. The molecule has 2 N–H and O–H groups in total. The van der Waals surface area contributed by atoms with Crippen LogP contribution in [0, 0.1) is 5.82 Å². The van der Waals surface area contributed by atoms with Crippen LogP contribution in [0.25, 0.3) is 0 Å². The molecule has 1 aromatic carbocycles. The number of rotatable bonds is 5. The zero-order chi connectivity index (χ0) is 17.0. The van der Waals surface area contributed by atoms with Crippen LogP contribution >= 0.6 is 0 Å². The van der Waals surface area contributed by atoms with Crippen LogP contribution < -0.4 is 5.32 Å². The van der Waals surface area contributed by atoms with Crippen molar-refractivity contribution in [3.63, 3.8) is 0 Å². The molecule has 1 unspecified atom stereocenters. The number of carbonyl (C=O) groups is 1. The minimum atomic E-state index is -3.95. The van der Waals surface area contributed by atoms with Crippen molar-refractivity contribution >= 4 is 15.9 Å². The van der Waals surface area contributed by atoms with Gasteiger partial charge >= 0.3 is 0 Å². The van der Waals surface area contributed by atoms with Crippen LogP contribution in [0.2, 0.25) is 0 Å². The fraction of sp³-hybridized carbons (Fsp3) is 0.533. The van der Waals surface area contributed by atoms with Crippen molar-refractivity contribution < 1.29 is 22.7 Å². The second-order valence-corrected chi connectivity index (χ2v) is 7.57. The molecule has 8 heteroatoms. The summed E-state index contributed by atoms with van der Waals surface area (Å²) in [4.78, 5) is 11.5. The van der Waals surface area contributed by atoms with Crippen molar-refractivity contribution in [2.24, 2.45) is 0 Å². The fourth-order valence-corrected chi connectivity index (χ4v) is 4.05. The molecule has 0 aliphatic carbocycles. The number of hydrogen-bond acceptors (Lipinski definition) is 4. The van der Waals surface area contributed by atoms with Crippen molar-refractivity contribution in [1.82, 2.24) is 9.62 Å². The molecule has 1 amide bonds. The molecule has 0 bridgehead atoms. The average molecular weight is 344 g/mol. The normalized spacial score (nSPS) is 17.7. The van der Waals surface area contributed by atoms with Crippen LogP contribution in [0.5, 0.6) is 0 Å². The van der Waals surface area contributed by atoms with Crippen molar-refractivity contribution in [3.05, 3.63) is 29.6 Å². The third kappa shape index (κ3) is 4.07. The summed E-state index contributed by atoms with van der Waals surface area (Å²) in [5.41, 5.74) is 0.0438. The molecule has 1 heterocycles. The van der Waals surface area contributed by atoms with Crippen LogP contribution in [-0.4, -0.2) is 49.5 Å². The Hall–Kier alpha value is -1.51. The molecule has 0 saturated carbocycles. The highest BCUT2D eigenvalue weighted by Crippen LogP contribution is 2.24. The van der Waals surface area contributed by atoms with E-state index in [4.69, 9.17) is 5.11 Å². The van der Waals surface area contributed by atoms with E-state index < -0.39 is 32.7 Å². The number of halogens is 1. The molecule has 1 aliphatic heterocycles. The van der Waals surface area contributed by atoms with Gasteiger partial charge in [-0.2, -0.15) is 4.31 Å². The van der Waals surface area contributed by atoms with Crippen LogP contribution in [0.3, 0.4) is 0 Å². The summed E-state index contributed by atoms with van der Waals surface area (Å²) in [6, 6.07) is 2.78. The first-order valence-electron chi connectivity index (χ1n) is 7.57. The Morgan fingerprint density at radius 2 is 2.00 bits per heavy atom. The Bertz CT molecular complexity index is 672. The third-order valence-electron chi connectivity index (χ3n) is 3.78. The molecule has 6 nitrogen and oxygen atoms in total. The molecule has 0 radical (unpaired) electrons. The van der Waals surface area contributed by atoms with E-state index in [-0.39, 0.29) is 12.2 Å². The Kier molecular flexibility index (Phi) is 5.72. The van der Waals surface area contributed by atoms with Crippen LogP contribution in [0.1, 0.15) is 36.5 Å². The zero-order valence-corrected chi connectivity index (χ0v) is 13.8. The molecule has 1 aromatic rings. The number of aliphatic hydroxyl groups is 1. The van der Waals surface area contributed by atoms with E-state index in [1.54, 1.807) is 6.92 Å². The SMILES string of the molecule is CC(CO)NC(=O)c1ccc(F)c(S(=O)(=O)N2CCCCC2)c1. The molecule has 0 spiro atoms. The Balaban J connectivity index is 2.31. The molecule has 23 heavy (non-hydrogen) atoms. The van der Waals surface area contributed by atoms with Gasteiger partial charge in [0.05, 0.1) is 6.61 Å². The maximum absolute atomic E-state index is 14.0. The van der Waals surface area contributed by atoms with E-state index in [2.05, 4.69) is 5.32 Å². The second kappa shape index (κ2) is 7.37. The highest BCUT2D eigenvalue weighted by Gasteiger charge is 2.29. The van der Waals surface area contributed by atoms with Gasteiger partial charge in [0.2, 0.25) is 10.0 Å². The standard InChI is InChI=1S/C15H21FN2O4S/c1-11(10-19)17-15(20)12-5-6-13(16)14(9-12)23(21,22)18-7-3-2-4-8-18/h5-6,9,11,19H,2-4,7-8,10H2,1H3,(H,17,20). The molecule has 0 aromatic heterocycles. The number of piperidine rings is 1. The lowest BCUT2D eigenvalue weighted by Gasteiger charge is -2.26. The summed E-state index contributed by atoms with van der Waals surface area (Å²) in [5, 5.41) is 11.5. The number of nitrogens with zero attached hydrogens (tertiary/aromatic N) is 1. The van der Waals surface area contributed by atoms with Gasteiger partial charge in [0, 0.05) is 24.7 Å². The molecule has 2 rings (SSSR count). The summed E-state index contributed by atoms with van der Waals surface area (Å²) >= 11 is 0. The molecular formula is C15H21FN2O4S. The first-order valence-corrected chi connectivity index (χ1v) is 9.01. The van der Waals surface area contributed by atoms with E-state index >= 15 is 0 Å². The van der Waals surface area contributed by atoms with Gasteiger partial charge in [-0.3, -0.25) is 4.79 Å². The molecule has 128 valence electrons. The lowest BCUT2D eigenvalue weighted by molar-refractivity contribution is 0.0922. The number of sulfonamides is 1. The van der Waals surface area contributed by atoms with E-state index in [0.717, 1.165) is 31.4 Å². The maximum Gasteiger partial charge on any atom is 0.251 e. The van der Waals surface area contributed by atoms with Gasteiger partial charge in [-0.1, -0.05) is 6.42 Å². The Morgan fingerprint density at radius 3 is 2.61 bits per heavy atom. The first kappa shape index (κ1) is 17.8. The Labute approximate surface area is 135 Å². The van der Waals surface area contributed by atoms with Crippen molar-refractivity contribution in [1.29, 1.82) is 0 Å². The van der Waals surface area contributed by atoms with E-state index in [9.17, 15) is 17.6 Å². The van der Waals surface area contributed by atoms with Crippen molar-refractivity contribution in [3.8, 4) is 0 Å². The summed E-state index contributed by atoms with van der Waals surface area (Å²) in [6.45, 7) is 2.08. The number of aliphatic hydroxyl groups excluding tert-OH is 1. The molecule has 1 fully saturated rings. The quantitative estimate of drug-likeness (QED) is 0.838. The highest BCUT2D eigenvalue weighted by molar-refractivity contribution is 7.89. The van der Waals surface area contributed by atoms with Gasteiger partial charge in [0.1, 0.15) is 10.7 Å². The number of amides is 1.